The Hall–Kier alpha value is -2.11. The van der Waals surface area contributed by atoms with E-state index in [4.69, 9.17) is 0 Å². The van der Waals surface area contributed by atoms with E-state index >= 15 is 0 Å². The summed E-state index contributed by atoms with van der Waals surface area (Å²) in [7, 11) is 0. The third-order valence-corrected chi connectivity index (χ3v) is 4.93. The van der Waals surface area contributed by atoms with Crippen LogP contribution in [0, 0.1) is 0 Å². The minimum Gasteiger partial charge on any atom is -0.348 e. The van der Waals surface area contributed by atoms with Crippen LogP contribution in [0.1, 0.15) is 15.9 Å². The normalized spacial score (nSPS) is 10.5. The molecule has 3 rings (SSSR count). The molecule has 0 saturated carbocycles. The summed E-state index contributed by atoms with van der Waals surface area (Å²) >= 11 is 3.22. The number of pyridine rings is 1. The van der Waals surface area contributed by atoms with Gasteiger partial charge in [0.25, 0.3) is 5.91 Å². The second-order valence-electron chi connectivity index (χ2n) is 4.94. The molecule has 3 nitrogen and oxygen atoms in total. The molecule has 0 saturated heterocycles. The van der Waals surface area contributed by atoms with E-state index < -0.39 is 0 Å². The number of thiophene rings is 1. The predicted octanol–water partition coefficient (Wildman–Crippen LogP) is 4.46. The summed E-state index contributed by atoms with van der Waals surface area (Å²) in [5.74, 6) is -0.0520. The fourth-order valence-corrected chi connectivity index (χ4v) is 3.51. The van der Waals surface area contributed by atoms with Gasteiger partial charge < -0.3 is 5.32 Å². The van der Waals surface area contributed by atoms with Gasteiger partial charge in [0.2, 0.25) is 0 Å². The number of nitrogens with one attached hydrogen (secondary N) is 1. The zero-order valence-electron chi connectivity index (χ0n) is 12.7. The molecule has 1 amide bonds. The topological polar surface area (TPSA) is 42.0 Å². The fraction of sp³-hybridized carbons (Fsp3) is 0.111. The average molecular weight is 340 g/mol. The van der Waals surface area contributed by atoms with Crippen LogP contribution in [0.25, 0.3) is 11.3 Å². The van der Waals surface area contributed by atoms with Gasteiger partial charge >= 0.3 is 0 Å². The molecule has 0 aliphatic rings. The average Bonchev–Trinajstić information content (AvgIpc) is 3.14. The van der Waals surface area contributed by atoms with Crippen LogP contribution in [0.3, 0.4) is 0 Å². The molecule has 1 aromatic carbocycles. The third-order valence-electron chi connectivity index (χ3n) is 3.45. The molecular formula is C18H16N2OS2. The molecule has 0 bridgehead atoms. The van der Waals surface area contributed by atoms with Gasteiger partial charge in [0, 0.05) is 28.6 Å². The molecule has 3 aromatic rings. The van der Waals surface area contributed by atoms with Gasteiger partial charge in [-0.1, -0.05) is 12.1 Å². The number of hydrogen-bond donors (Lipinski definition) is 1. The molecule has 23 heavy (non-hydrogen) atoms. The summed E-state index contributed by atoms with van der Waals surface area (Å²) < 4.78 is 0. The zero-order chi connectivity index (χ0) is 16.1. The largest absolute Gasteiger partial charge is 0.348 e. The van der Waals surface area contributed by atoms with Crippen molar-refractivity contribution in [3.8, 4) is 11.3 Å². The Balaban J connectivity index is 1.71. The van der Waals surface area contributed by atoms with Crippen molar-refractivity contribution >= 4 is 29.0 Å². The van der Waals surface area contributed by atoms with E-state index in [0.29, 0.717) is 12.1 Å². The first kappa shape index (κ1) is 15.8. The molecular weight excluding hydrogens is 324 g/mol. The second-order valence-corrected chi connectivity index (χ2v) is 6.57. The lowest BCUT2D eigenvalue weighted by Gasteiger charge is -2.09. The Morgan fingerprint density at radius 2 is 2.13 bits per heavy atom. The Kier molecular flexibility index (Phi) is 5.10. The highest BCUT2D eigenvalue weighted by Gasteiger charge is 2.10. The summed E-state index contributed by atoms with van der Waals surface area (Å²) in [4.78, 5) is 17.7. The van der Waals surface area contributed by atoms with Crippen LogP contribution in [0.15, 0.2) is 64.3 Å². The highest BCUT2D eigenvalue weighted by atomic mass is 32.2. The summed E-state index contributed by atoms with van der Waals surface area (Å²) in [5.41, 5.74) is 3.79. The number of rotatable bonds is 5. The van der Waals surface area contributed by atoms with Crippen molar-refractivity contribution < 1.29 is 4.79 Å². The fourth-order valence-electron chi connectivity index (χ4n) is 2.26. The molecule has 0 atom stereocenters. The van der Waals surface area contributed by atoms with Gasteiger partial charge in [0.05, 0.1) is 11.3 Å². The first-order chi connectivity index (χ1) is 11.3. The van der Waals surface area contributed by atoms with E-state index in [0.717, 1.165) is 21.7 Å². The number of hydrogen-bond acceptors (Lipinski definition) is 4. The SMILES string of the molecule is CSc1ccccc1C(=O)NCc1ccnc(-c2ccsc2)c1. The molecule has 0 fully saturated rings. The first-order valence-corrected chi connectivity index (χ1v) is 9.33. The van der Waals surface area contributed by atoms with Crippen LogP contribution in [0.5, 0.6) is 0 Å². The van der Waals surface area contributed by atoms with Gasteiger partial charge in [-0.15, -0.1) is 11.8 Å². The van der Waals surface area contributed by atoms with Gasteiger partial charge in [-0.2, -0.15) is 11.3 Å². The van der Waals surface area contributed by atoms with Crippen molar-refractivity contribution in [2.45, 2.75) is 11.4 Å². The Labute approximate surface area is 143 Å². The Morgan fingerprint density at radius 3 is 2.91 bits per heavy atom. The number of benzene rings is 1. The molecule has 2 aromatic heterocycles. The van der Waals surface area contributed by atoms with E-state index in [1.54, 1.807) is 29.3 Å². The molecule has 1 N–H and O–H groups in total. The minimum absolute atomic E-state index is 0.0520. The van der Waals surface area contributed by atoms with Crippen LogP contribution in [0.2, 0.25) is 0 Å². The van der Waals surface area contributed by atoms with Crippen molar-refractivity contribution in [2.75, 3.05) is 6.26 Å². The smallest absolute Gasteiger partial charge is 0.252 e. The maximum absolute atomic E-state index is 12.4. The van der Waals surface area contributed by atoms with E-state index in [2.05, 4.69) is 15.7 Å². The van der Waals surface area contributed by atoms with Crippen LogP contribution in [0.4, 0.5) is 0 Å². The Morgan fingerprint density at radius 1 is 1.26 bits per heavy atom. The van der Waals surface area contributed by atoms with Crippen LogP contribution in [-0.4, -0.2) is 17.1 Å². The quantitative estimate of drug-likeness (QED) is 0.697. The van der Waals surface area contributed by atoms with Crippen molar-refractivity contribution in [2.24, 2.45) is 0 Å². The third kappa shape index (κ3) is 3.81. The molecule has 0 spiro atoms. The van der Waals surface area contributed by atoms with Crippen molar-refractivity contribution in [1.29, 1.82) is 0 Å². The lowest BCUT2D eigenvalue weighted by molar-refractivity contribution is 0.0948. The molecule has 116 valence electrons. The zero-order valence-corrected chi connectivity index (χ0v) is 14.3. The molecule has 0 unspecified atom stereocenters. The highest BCUT2D eigenvalue weighted by molar-refractivity contribution is 7.98. The van der Waals surface area contributed by atoms with Crippen molar-refractivity contribution in [3.63, 3.8) is 0 Å². The van der Waals surface area contributed by atoms with Crippen LogP contribution >= 0.6 is 23.1 Å². The van der Waals surface area contributed by atoms with Crippen LogP contribution in [-0.2, 0) is 6.54 Å². The molecule has 0 radical (unpaired) electrons. The van der Waals surface area contributed by atoms with Crippen LogP contribution < -0.4 is 5.32 Å². The van der Waals surface area contributed by atoms with Gasteiger partial charge in [0.1, 0.15) is 0 Å². The summed E-state index contributed by atoms with van der Waals surface area (Å²) in [6.07, 6.45) is 3.76. The molecule has 5 heteroatoms. The van der Waals surface area contributed by atoms with E-state index in [9.17, 15) is 4.79 Å². The highest BCUT2D eigenvalue weighted by Crippen LogP contribution is 2.21. The molecule has 0 aliphatic heterocycles. The summed E-state index contributed by atoms with van der Waals surface area (Å²) in [5, 5.41) is 7.09. The van der Waals surface area contributed by atoms with Gasteiger partial charge in [-0.3, -0.25) is 9.78 Å². The number of thioether (sulfide) groups is 1. The molecule has 0 aliphatic carbocycles. The number of carbonyl (C=O) groups excluding carboxylic acids is 1. The number of carbonyl (C=O) groups is 1. The summed E-state index contributed by atoms with van der Waals surface area (Å²) in [6, 6.07) is 13.6. The number of amides is 1. The monoisotopic (exact) mass is 340 g/mol. The Bertz CT molecular complexity index is 800. The number of aromatic nitrogens is 1. The van der Waals surface area contributed by atoms with E-state index in [-0.39, 0.29) is 5.91 Å². The van der Waals surface area contributed by atoms with Gasteiger partial charge in [-0.25, -0.2) is 0 Å². The number of nitrogens with zero attached hydrogens (tertiary/aromatic N) is 1. The maximum atomic E-state index is 12.4. The standard InChI is InChI=1S/C18H16N2OS2/c1-22-17-5-3-2-4-15(17)18(21)20-11-13-6-8-19-16(10-13)14-7-9-23-12-14/h2-10,12H,11H2,1H3,(H,20,21). The predicted molar refractivity (Wildman–Crippen MR) is 96.9 cm³/mol. The van der Waals surface area contributed by atoms with Crippen molar-refractivity contribution in [3.05, 3.63) is 70.5 Å². The lowest BCUT2D eigenvalue weighted by atomic mass is 10.1. The summed E-state index contributed by atoms with van der Waals surface area (Å²) in [6.45, 7) is 0.487. The first-order valence-electron chi connectivity index (χ1n) is 7.16. The van der Waals surface area contributed by atoms with Crippen molar-refractivity contribution in [1.82, 2.24) is 10.3 Å². The van der Waals surface area contributed by atoms with E-state index in [1.165, 1.54) is 0 Å². The lowest BCUT2D eigenvalue weighted by Crippen LogP contribution is -2.23. The van der Waals surface area contributed by atoms with E-state index in [1.807, 2.05) is 54.1 Å². The molecule has 2 heterocycles. The maximum Gasteiger partial charge on any atom is 0.252 e. The minimum atomic E-state index is -0.0520. The van der Waals surface area contributed by atoms with Gasteiger partial charge in [0.15, 0.2) is 0 Å². The second kappa shape index (κ2) is 7.44. The van der Waals surface area contributed by atoms with Gasteiger partial charge in [-0.05, 0) is 47.5 Å².